The fraction of sp³-hybridized carbons (Fsp3) is 0.556. The van der Waals surface area contributed by atoms with Crippen molar-refractivity contribution in [1.82, 2.24) is 15.3 Å². The number of aromatic nitrogens is 2. The van der Waals surface area contributed by atoms with Crippen molar-refractivity contribution in [1.29, 1.82) is 0 Å². The van der Waals surface area contributed by atoms with Crippen molar-refractivity contribution in [2.24, 2.45) is 0 Å². The van der Waals surface area contributed by atoms with Crippen molar-refractivity contribution in [2.75, 3.05) is 18.1 Å². The second-order valence-electron chi connectivity index (χ2n) is 3.38. The molecule has 1 unspecified atom stereocenters. The molecule has 1 aliphatic rings. The Kier molecular flexibility index (Phi) is 2.88. The van der Waals surface area contributed by atoms with Gasteiger partial charge < -0.3 is 10.3 Å². The molecule has 1 aliphatic heterocycles. The van der Waals surface area contributed by atoms with Crippen LogP contribution in [0, 0.1) is 6.92 Å². The maximum absolute atomic E-state index is 11.2. The summed E-state index contributed by atoms with van der Waals surface area (Å²) in [5, 5.41) is 3.35. The molecule has 1 atom stereocenters. The van der Waals surface area contributed by atoms with Gasteiger partial charge in [0.2, 0.25) is 0 Å². The van der Waals surface area contributed by atoms with E-state index in [0.29, 0.717) is 0 Å². The average Bonchev–Trinajstić information content (AvgIpc) is 2.18. The number of thioether (sulfide) groups is 1. The third-order valence-corrected chi connectivity index (χ3v) is 3.24. The van der Waals surface area contributed by atoms with E-state index in [1.54, 1.807) is 0 Å². The molecule has 76 valence electrons. The lowest BCUT2D eigenvalue weighted by Crippen LogP contribution is -2.32. The summed E-state index contributed by atoms with van der Waals surface area (Å²) in [5.41, 5.74) is 1.48. The van der Waals surface area contributed by atoms with Crippen LogP contribution in [0.4, 0.5) is 0 Å². The smallest absolute Gasteiger partial charge is 0.310 e. The van der Waals surface area contributed by atoms with Crippen LogP contribution in [-0.4, -0.2) is 28.0 Å². The molecule has 1 aromatic heterocycles. The quantitative estimate of drug-likeness (QED) is 0.708. The van der Waals surface area contributed by atoms with Crippen LogP contribution >= 0.6 is 11.8 Å². The molecule has 4 nitrogen and oxygen atoms in total. The molecule has 0 aliphatic carbocycles. The highest BCUT2D eigenvalue weighted by molar-refractivity contribution is 7.99. The number of hydrogen-bond acceptors (Lipinski definition) is 4. The second kappa shape index (κ2) is 4.14. The van der Waals surface area contributed by atoms with Gasteiger partial charge in [0.05, 0.1) is 11.7 Å². The van der Waals surface area contributed by atoms with Crippen LogP contribution in [0.1, 0.15) is 17.4 Å². The minimum absolute atomic E-state index is 0.231. The van der Waals surface area contributed by atoms with Crippen LogP contribution in [0.15, 0.2) is 10.9 Å². The van der Waals surface area contributed by atoms with Gasteiger partial charge in [-0.15, -0.1) is 0 Å². The summed E-state index contributed by atoms with van der Waals surface area (Å²) in [6, 6.07) is 2.17. The van der Waals surface area contributed by atoms with E-state index in [-0.39, 0.29) is 11.7 Å². The molecule has 0 bridgehead atoms. The maximum atomic E-state index is 11.2. The fourth-order valence-corrected chi connectivity index (χ4v) is 2.49. The van der Waals surface area contributed by atoms with Gasteiger partial charge in [-0.2, -0.15) is 16.7 Å². The largest absolute Gasteiger partial charge is 0.345 e. The molecule has 2 rings (SSSR count). The van der Waals surface area contributed by atoms with Crippen molar-refractivity contribution in [2.45, 2.75) is 13.0 Å². The van der Waals surface area contributed by atoms with Gasteiger partial charge in [0.1, 0.15) is 0 Å². The highest BCUT2D eigenvalue weighted by Crippen LogP contribution is 2.19. The topological polar surface area (TPSA) is 57.8 Å². The van der Waals surface area contributed by atoms with Crippen molar-refractivity contribution in [3.8, 4) is 0 Å². The highest BCUT2D eigenvalue weighted by atomic mass is 32.2. The van der Waals surface area contributed by atoms with Crippen LogP contribution in [-0.2, 0) is 0 Å². The van der Waals surface area contributed by atoms with Gasteiger partial charge >= 0.3 is 5.69 Å². The van der Waals surface area contributed by atoms with Crippen molar-refractivity contribution < 1.29 is 0 Å². The van der Waals surface area contributed by atoms with Gasteiger partial charge in [-0.25, -0.2) is 4.79 Å². The van der Waals surface area contributed by atoms with Crippen LogP contribution in [0.2, 0.25) is 0 Å². The summed E-state index contributed by atoms with van der Waals surface area (Å²) < 4.78 is 0. The molecule has 5 heteroatoms. The molecule has 14 heavy (non-hydrogen) atoms. The summed E-state index contributed by atoms with van der Waals surface area (Å²) in [4.78, 5) is 17.8. The van der Waals surface area contributed by atoms with E-state index in [9.17, 15) is 4.79 Å². The summed E-state index contributed by atoms with van der Waals surface area (Å²) in [7, 11) is 0. The first-order valence-electron chi connectivity index (χ1n) is 4.65. The van der Waals surface area contributed by atoms with E-state index in [1.807, 2.05) is 24.8 Å². The van der Waals surface area contributed by atoms with Gasteiger partial charge in [-0.1, -0.05) is 0 Å². The summed E-state index contributed by atoms with van der Waals surface area (Å²) in [6.45, 7) is 2.87. The lowest BCUT2D eigenvalue weighted by Gasteiger charge is -2.22. The number of aryl methyl sites for hydroxylation is 1. The van der Waals surface area contributed by atoms with Crippen molar-refractivity contribution in [3.63, 3.8) is 0 Å². The van der Waals surface area contributed by atoms with Crippen LogP contribution in [0.5, 0.6) is 0 Å². The Morgan fingerprint density at radius 1 is 1.64 bits per heavy atom. The second-order valence-corrected chi connectivity index (χ2v) is 4.53. The molecule has 0 aromatic carbocycles. The maximum Gasteiger partial charge on any atom is 0.345 e. The number of H-pyrrole nitrogens is 1. The van der Waals surface area contributed by atoms with E-state index < -0.39 is 0 Å². The molecular formula is C9H13N3OS. The van der Waals surface area contributed by atoms with E-state index in [2.05, 4.69) is 15.3 Å². The normalized spacial score (nSPS) is 22.2. The number of nitrogens with zero attached hydrogens (tertiary/aromatic N) is 1. The van der Waals surface area contributed by atoms with Crippen LogP contribution in [0.3, 0.4) is 0 Å². The number of aromatic amines is 1. The molecular weight excluding hydrogens is 198 g/mol. The Morgan fingerprint density at radius 3 is 3.14 bits per heavy atom. The average molecular weight is 211 g/mol. The minimum Gasteiger partial charge on any atom is -0.310 e. The Hall–Kier alpha value is -0.810. The fourth-order valence-electron chi connectivity index (χ4n) is 1.54. The standard InChI is InChI=1S/C9H13N3OS/c1-6-4-7(12-9(13)11-6)8-5-14-3-2-10-8/h4,8,10H,2-3,5H2,1H3,(H,11,12,13). The summed E-state index contributed by atoms with van der Waals surface area (Å²) in [6.07, 6.45) is 0. The first-order chi connectivity index (χ1) is 6.75. The SMILES string of the molecule is Cc1cc(C2CSCCN2)nc(=O)[nH]1. The van der Waals surface area contributed by atoms with Crippen LogP contribution in [0.25, 0.3) is 0 Å². The predicted octanol–water partition coefficient (Wildman–Crippen LogP) is 0.456. The molecule has 0 saturated carbocycles. The van der Waals surface area contributed by atoms with Gasteiger partial charge in [-0.3, -0.25) is 0 Å². The number of hydrogen-bond donors (Lipinski definition) is 2. The zero-order chi connectivity index (χ0) is 9.97. The zero-order valence-electron chi connectivity index (χ0n) is 8.04. The van der Waals surface area contributed by atoms with E-state index in [4.69, 9.17) is 0 Å². The van der Waals surface area contributed by atoms with Gasteiger partial charge in [0.15, 0.2) is 0 Å². The zero-order valence-corrected chi connectivity index (χ0v) is 8.86. The molecule has 0 radical (unpaired) electrons. The predicted molar refractivity (Wildman–Crippen MR) is 57.7 cm³/mol. The molecule has 2 heterocycles. The van der Waals surface area contributed by atoms with E-state index in [0.717, 1.165) is 29.4 Å². The Balaban J connectivity index is 2.26. The summed E-state index contributed by atoms with van der Waals surface area (Å²) >= 11 is 1.89. The molecule has 2 N–H and O–H groups in total. The number of nitrogens with one attached hydrogen (secondary N) is 2. The van der Waals surface area contributed by atoms with E-state index in [1.165, 1.54) is 0 Å². The Labute approximate surface area is 86.5 Å². The molecule has 1 aromatic rings. The van der Waals surface area contributed by atoms with Crippen molar-refractivity contribution in [3.05, 3.63) is 27.9 Å². The molecule has 0 spiro atoms. The van der Waals surface area contributed by atoms with E-state index >= 15 is 0 Å². The lowest BCUT2D eigenvalue weighted by atomic mass is 10.2. The first-order valence-corrected chi connectivity index (χ1v) is 5.80. The lowest BCUT2D eigenvalue weighted by molar-refractivity contribution is 0.576. The number of rotatable bonds is 1. The monoisotopic (exact) mass is 211 g/mol. The first kappa shape index (κ1) is 9.73. The third kappa shape index (κ3) is 2.16. The van der Waals surface area contributed by atoms with Crippen molar-refractivity contribution >= 4 is 11.8 Å². The third-order valence-electron chi connectivity index (χ3n) is 2.18. The van der Waals surface area contributed by atoms with Crippen LogP contribution < -0.4 is 11.0 Å². The molecule has 1 saturated heterocycles. The highest BCUT2D eigenvalue weighted by Gasteiger charge is 2.16. The van der Waals surface area contributed by atoms with Gasteiger partial charge in [0.25, 0.3) is 0 Å². The Bertz CT molecular complexity index is 371. The molecule has 0 amide bonds. The minimum atomic E-state index is -0.252. The summed E-state index contributed by atoms with van der Waals surface area (Å²) in [5.74, 6) is 2.13. The van der Waals surface area contributed by atoms with Gasteiger partial charge in [-0.05, 0) is 13.0 Å². The molecule has 1 fully saturated rings. The Morgan fingerprint density at radius 2 is 2.50 bits per heavy atom. The van der Waals surface area contributed by atoms with Gasteiger partial charge in [0, 0.05) is 23.7 Å².